The molecule has 2 heterocycles. The van der Waals surface area contributed by atoms with E-state index < -0.39 is 0 Å². The molecule has 5 nitrogen and oxygen atoms in total. The highest BCUT2D eigenvalue weighted by Gasteiger charge is 2.19. The Bertz CT molecular complexity index is 1170. The fraction of sp³-hybridized carbons (Fsp3) is 0.100. The van der Waals surface area contributed by atoms with Crippen molar-refractivity contribution >= 4 is 27.8 Å². The summed E-state index contributed by atoms with van der Waals surface area (Å²) in [5.41, 5.74) is 12.2. The Labute approximate surface area is 144 Å². The number of pyridine rings is 1. The molecule has 4 rings (SSSR count). The SMILES string of the molecule is Cc1cc(C)c2nnc3c(-c4ccccc4)c(C#N)c(N)nc3c2c1. The van der Waals surface area contributed by atoms with Crippen molar-refractivity contribution in [3.8, 4) is 17.2 Å². The Morgan fingerprint density at radius 3 is 2.40 bits per heavy atom. The summed E-state index contributed by atoms with van der Waals surface area (Å²) in [6.45, 7) is 4.03. The molecule has 0 saturated carbocycles. The fourth-order valence-corrected chi connectivity index (χ4v) is 3.25. The quantitative estimate of drug-likeness (QED) is 0.536. The largest absolute Gasteiger partial charge is 0.383 e. The van der Waals surface area contributed by atoms with E-state index >= 15 is 0 Å². The van der Waals surface area contributed by atoms with Crippen molar-refractivity contribution in [3.05, 3.63) is 59.2 Å². The summed E-state index contributed by atoms with van der Waals surface area (Å²) in [6.07, 6.45) is 0. The molecular weight excluding hydrogens is 310 g/mol. The molecular formula is C20H15N5. The van der Waals surface area contributed by atoms with E-state index in [1.165, 1.54) is 0 Å². The second-order valence-electron chi connectivity index (χ2n) is 6.10. The smallest absolute Gasteiger partial charge is 0.142 e. The number of anilines is 1. The molecule has 0 radical (unpaired) electrons. The van der Waals surface area contributed by atoms with Gasteiger partial charge in [0.05, 0.1) is 5.52 Å². The number of rotatable bonds is 1. The van der Waals surface area contributed by atoms with E-state index in [0.29, 0.717) is 22.2 Å². The topological polar surface area (TPSA) is 88.5 Å². The normalized spacial score (nSPS) is 10.9. The Hall–Kier alpha value is -3.52. The van der Waals surface area contributed by atoms with Crippen LogP contribution in [-0.4, -0.2) is 15.2 Å². The van der Waals surface area contributed by atoms with Gasteiger partial charge in [-0.15, -0.1) is 10.2 Å². The number of fused-ring (bicyclic) bond motifs is 3. The molecule has 0 unspecified atom stereocenters. The summed E-state index contributed by atoms with van der Waals surface area (Å²) in [6, 6.07) is 15.9. The summed E-state index contributed by atoms with van der Waals surface area (Å²) >= 11 is 0. The lowest BCUT2D eigenvalue weighted by Gasteiger charge is -2.12. The van der Waals surface area contributed by atoms with E-state index in [1.807, 2.05) is 50.2 Å². The van der Waals surface area contributed by atoms with E-state index in [9.17, 15) is 5.26 Å². The number of nitrogens with two attached hydrogens (primary N) is 1. The Balaban J connectivity index is 2.24. The molecule has 0 bridgehead atoms. The predicted molar refractivity (Wildman–Crippen MR) is 98.9 cm³/mol. The molecule has 0 fully saturated rings. The lowest BCUT2D eigenvalue weighted by atomic mass is 9.97. The average molecular weight is 325 g/mol. The van der Waals surface area contributed by atoms with Gasteiger partial charge in [0.15, 0.2) is 0 Å². The van der Waals surface area contributed by atoms with E-state index in [0.717, 1.165) is 27.6 Å². The van der Waals surface area contributed by atoms with Gasteiger partial charge in [0.1, 0.15) is 28.5 Å². The molecule has 0 aliphatic carbocycles. The molecule has 0 aliphatic rings. The molecule has 0 spiro atoms. The minimum Gasteiger partial charge on any atom is -0.383 e. The van der Waals surface area contributed by atoms with Crippen LogP contribution in [0, 0.1) is 25.2 Å². The lowest BCUT2D eigenvalue weighted by Crippen LogP contribution is -2.02. The van der Waals surface area contributed by atoms with Crippen LogP contribution < -0.4 is 5.73 Å². The Morgan fingerprint density at radius 1 is 0.960 bits per heavy atom. The van der Waals surface area contributed by atoms with E-state index in [-0.39, 0.29) is 5.82 Å². The first kappa shape index (κ1) is 15.0. The first-order valence-electron chi connectivity index (χ1n) is 7.92. The second kappa shape index (κ2) is 5.53. The molecule has 0 amide bonds. The maximum atomic E-state index is 9.60. The van der Waals surface area contributed by atoms with Crippen molar-refractivity contribution in [2.24, 2.45) is 0 Å². The number of benzene rings is 2. The highest BCUT2D eigenvalue weighted by Crippen LogP contribution is 2.35. The van der Waals surface area contributed by atoms with Crippen LogP contribution in [0.4, 0.5) is 5.82 Å². The molecule has 0 aliphatic heterocycles. The van der Waals surface area contributed by atoms with Crippen molar-refractivity contribution in [3.63, 3.8) is 0 Å². The monoisotopic (exact) mass is 325 g/mol. The highest BCUT2D eigenvalue weighted by molar-refractivity contribution is 6.09. The number of nitrogen functional groups attached to an aromatic ring is 1. The van der Waals surface area contributed by atoms with Crippen LogP contribution in [0.25, 0.3) is 33.1 Å². The van der Waals surface area contributed by atoms with Gasteiger partial charge in [0.25, 0.3) is 0 Å². The Morgan fingerprint density at radius 2 is 1.68 bits per heavy atom. The number of hydrogen-bond acceptors (Lipinski definition) is 5. The van der Waals surface area contributed by atoms with E-state index in [4.69, 9.17) is 5.73 Å². The third kappa shape index (κ3) is 2.27. The van der Waals surface area contributed by atoms with E-state index in [1.54, 1.807) is 0 Å². The molecule has 2 N–H and O–H groups in total. The molecule has 0 atom stereocenters. The van der Waals surface area contributed by atoms with Gasteiger partial charge in [-0.3, -0.25) is 0 Å². The van der Waals surface area contributed by atoms with Gasteiger partial charge in [0.2, 0.25) is 0 Å². The number of nitriles is 1. The molecule has 120 valence electrons. The highest BCUT2D eigenvalue weighted by atomic mass is 15.1. The van der Waals surface area contributed by atoms with Crippen molar-refractivity contribution in [2.45, 2.75) is 13.8 Å². The lowest BCUT2D eigenvalue weighted by molar-refractivity contribution is 1.11. The maximum absolute atomic E-state index is 9.60. The van der Waals surface area contributed by atoms with Crippen LogP contribution >= 0.6 is 0 Å². The second-order valence-corrected chi connectivity index (χ2v) is 6.10. The maximum Gasteiger partial charge on any atom is 0.142 e. The standard InChI is InChI=1S/C20H15N5/c1-11-8-12(2)17-14(9-11)18-19(25-24-17)16(13-6-4-3-5-7-13)15(10-21)20(22)23-18/h3-9H,1-2H3,(H2,22,23). The molecule has 2 aromatic carbocycles. The van der Waals surface area contributed by atoms with Gasteiger partial charge in [-0.25, -0.2) is 4.98 Å². The Kier molecular flexibility index (Phi) is 3.33. The first-order chi connectivity index (χ1) is 12.1. The van der Waals surface area contributed by atoms with Gasteiger partial charge in [-0.05, 0) is 31.0 Å². The van der Waals surface area contributed by atoms with E-state index in [2.05, 4.69) is 27.3 Å². The molecule has 0 saturated heterocycles. The summed E-state index contributed by atoms with van der Waals surface area (Å²) in [5, 5.41) is 19.3. The zero-order valence-electron chi connectivity index (χ0n) is 13.9. The summed E-state index contributed by atoms with van der Waals surface area (Å²) in [4.78, 5) is 4.50. The van der Waals surface area contributed by atoms with Crippen molar-refractivity contribution < 1.29 is 0 Å². The zero-order valence-corrected chi connectivity index (χ0v) is 13.9. The number of hydrogen-bond donors (Lipinski definition) is 1. The zero-order chi connectivity index (χ0) is 17.6. The van der Waals surface area contributed by atoms with Crippen molar-refractivity contribution in [1.82, 2.24) is 15.2 Å². The van der Waals surface area contributed by atoms with Gasteiger partial charge in [-0.2, -0.15) is 5.26 Å². The van der Waals surface area contributed by atoms with Crippen LogP contribution in [0.2, 0.25) is 0 Å². The average Bonchev–Trinajstić information content (AvgIpc) is 2.61. The summed E-state index contributed by atoms with van der Waals surface area (Å²) < 4.78 is 0. The number of aromatic nitrogens is 3. The van der Waals surface area contributed by atoms with Crippen molar-refractivity contribution in [1.29, 1.82) is 5.26 Å². The molecule has 4 aromatic rings. The van der Waals surface area contributed by atoms with Crippen molar-refractivity contribution in [2.75, 3.05) is 5.73 Å². The predicted octanol–water partition coefficient (Wildman–Crippen LogP) is 3.92. The summed E-state index contributed by atoms with van der Waals surface area (Å²) in [7, 11) is 0. The van der Waals surface area contributed by atoms with Crippen LogP contribution in [0.3, 0.4) is 0 Å². The minimum atomic E-state index is 0.210. The third-order valence-corrected chi connectivity index (χ3v) is 4.32. The van der Waals surface area contributed by atoms with Gasteiger partial charge < -0.3 is 5.73 Å². The molecule has 5 heteroatoms. The van der Waals surface area contributed by atoms with Crippen LogP contribution in [0.1, 0.15) is 16.7 Å². The van der Waals surface area contributed by atoms with Crippen LogP contribution in [-0.2, 0) is 0 Å². The van der Waals surface area contributed by atoms with Gasteiger partial charge in [0, 0.05) is 10.9 Å². The fourth-order valence-electron chi connectivity index (χ4n) is 3.25. The number of aryl methyl sites for hydroxylation is 2. The summed E-state index contributed by atoms with van der Waals surface area (Å²) in [5.74, 6) is 0.210. The number of nitrogens with zero attached hydrogens (tertiary/aromatic N) is 4. The molecule has 2 aromatic heterocycles. The minimum absolute atomic E-state index is 0.210. The van der Waals surface area contributed by atoms with Crippen LogP contribution in [0.15, 0.2) is 42.5 Å². The third-order valence-electron chi connectivity index (χ3n) is 4.32. The van der Waals surface area contributed by atoms with Gasteiger partial charge >= 0.3 is 0 Å². The molecule has 25 heavy (non-hydrogen) atoms. The van der Waals surface area contributed by atoms with Crippen LogP contribution in [0.5, 0.6) is 0 Å². The van der Waals surface area contributed by atoms with Gasteiger partial charge in [-0.1, -0.05) is 42.0 Å². The first-order valence-corrected chi connectivity index (χ1v) is 7.92.